The Hall–Kier alpha value is -0.500. The van der Waals surface area contributed by atoms with E-state index in [0.717, 1.165) is 6.42 Å². The van der Waals surface area contributed by atoms with E-state index in [-0.39, 0.29) is 0 Å². The van der Waals surface area contributed by atoms with Gasteiger partial charge in [-0.2, -0.15) is 0 Å². The van der Waals surface area contributed by atoms with E-state index in [2.05, 4.69) is 18.3 Å². The average molecular weight is 326 g/mol. The van der Waals surface area contributed by atoms with E-state index >= 15 is 0 Å². The molecule has 1 atom stereocenters. The Morgan fingerprint density at radius 3 is 1.48 bits per heavy atom. The lowest BCUT2D eigenvalue weighted by Crippen LogP contribution is -2.18. The van der Waals surface area contributed by atoms with E-state index in [1.54, 1.807) is 6.92 Å². The molecule has 0 saturated carbocycles. The molecule has 0 aliphatic rings. The lowest BCUT2D eigenvalue weighted by Gasteiger charge is -2.03. The van der Waals surface area contributed by atoms with Gasteiger partial charge in [0.25, 0.3) is 0 Å². The van der Waals surface area contributed by atoms with Crippen molar-refractivity contribution in [2.75, 3.05) is 0 Å². The normalized spacial score (nSPS) is 12.8. The fourth-order valence-electron chi connectivity index (χ4n) is 2.92. The molecule has 138 valence electrons. The summed E-state index contributed by atoms with van der Waals surface area (Å²) in [5.74, 6) is 0. The number of hydrogen-bond acceptors (Lipinski definition) is 2. The second kappa shape index (κ2) is 19.5. The number of nitrogens with one attached hydrogen (secondary N) is 1. The summed E-state index contributed by atoms with van der Waals surface area (Å²) in [5, 5.41) is 11.9. The first-order valence-electron chi connectivity index (χ1n) is 10.4. The molecule has 1 unspecified atom stereocenters. The van der Waals surface area contributed by atoms with Crippen molar-refractivity contribution in [2.24, 2.45) is 0 Å². The molecule has 0 fully saturated rings. The number of allylic oxidation sites excluding steroid dienone is 1. The van der Waals surface area contributed by atoms with Crippen LogP contribution in [-0.4, -0.2) is 11.3 Å². The molecule has 0 radical (unpaired) electrons. The minimum absolute atomic E-state index is 0.438. The predicted molar refractivity (Wildman–Crippen MR) is 104 cm³/mol. The van der Waals surface area contributed by atoms with Gasteiger partial charge in [0.2, 0.25) is 0 Å². The molecule has 2 nitrogen and oxygen atoms in total. The lowest BCUT2D eigenvalue weighted by atomic mass is 10.0. The van der Waals surface area contributed by atoms with E-state index in [4.69, 9.17) is 5.11 Å². The van der Waals surface area contributed by atoms with Gasteiger partial charge in [0, 0.05) is 0 Å². The Kier molecular flexibility index (Phi) is 19.1. The SMILES string of the molecule is CCCCCCCCCCCCCCCCCC=CNC(C)O. The summed E-state index contributed by atoms with van der Waals surface area (Å²) in [7, 11) is 0. The van der Waals surface area contributed by atoms with Crippen molar-refractivity contribution in [2.45, 2.75) is 123 Å². The molecule has 0 rings (SSSR count). The van der Waals surface area contributed by atoms with Crippen LogP contribution in [0.4, 0.5) is 0 Å². The Bertz CT molecular complexity index is 238. The number of aliphatic hydroxyl groups is 1. The van der Waals surface area contributed by atoms with Gasteiger partial charge in [-0.15, -0.1) is 0 Å². The highest BCUT2D eigenvalue weighted by atomic mass is 16.3. The molecular formula is C21H43NO. The highest BCUT2D eigenvalue weighted by Gasteiger charge is 1.94. The maximum atomic E-state index is 9.02. The van der Waals surface area contributed by atoms with Crippen molar-refractivity contribution in [3.8, 4) is 0 Å². The molecule has 23 heavy (non-hydrogen) atoms. The van der Waals surface area contributed by atoms with Crippen LogP contribution < -0.4 is 5.32 Å². The quantitative estimate of drug-likeness (QED) is 0.217. The zero-order valence-electron chi connectivity index (χ0n) is 16.0. The van der Waals surface area contributed by atoms with E-state index in [0.29, 0.717) is 0 Å². The maximum Gasteiger partial charge on any atom is 0.121 e. The molecular weight excluding hydrogens is 282 g/mol. The van der Waals surface area contributed by atoms with E-state index < -0.39 is 6.23 Å². The fraction of sp³-hybridized carbons (Fsp3) is 0.905. The summed E-state index contributed by atoms with van der Waals surface area (Å²) in [5.41, 5.74) is 0. The van der Waals surface area contributed by atoms with Crippen molar-refractivity contribution in [3.63, 3.8) is 0 Å². The first-order chi connectivity index (χ1) is 11.3. The zero-order chi connectivity index (χ0) is 17.0. The molecule has 0 aromatic carbocycles. The standard InChI is InChI=1S/C21H43NO/c1-3-4-5-6-7-8-9-10-11-12-13-14-15-16-17-18-19-20-22-21(2)23/h19-23H,3-18H2,1-2H3. The largest absolute Gasteiger partial charge is 0.374 e. The minimum Gasteiger partial charge on any atom is -0.374 e. The third kappa shape index (κ3) is 21.5. The highest BCUT2D eigenvalue weighted by molar-refractivity contribution is 4.79. The smallest absolute Gasteiger partial charge is 0.121 e. The molecule has 0 saturated heterocycles. The molecule has 0 aromatic rings. The lowest BCUT2D eigenvalue weighted by molar-refractivity contribution is 0.173. The third-order valence-electron chi connectivity index (χ3n) is 4.43. The molecule has 0 bridgehead atoms. The summed E-state index contributed by atoms with van der Waals surface area (Å²) in [6.07, 6.45) is 25.9. The average Bonchev–Trinajstić information content (AvgIpc) is 2.53. The summed E-state index contributed by atoms with van der Waals surface area (Å²) >= 11 is 0. The minimum atomic E-state index is -0.438. The van der Waals surface area contributed by atoms with Crippen LogP contribution in [0, 0.1) is 0 Å². The number of aliphatic hydroxyl groups excluding tert-OH is 1. The molecule has 0 aliphatic heterocycles. The Morgan fingerprint density at radius 2 is 1.09 bits per heavy atom. The topological polar surface area (TPSA) is 32.3 Å². The van der Waals surface area contributed by atoms with Crippen LogP contribution in [-0.2, 0) is 0 Å². The van der Waals surface area contributed by atoms with Gasteiger partial charge in [-0.25, -0.2) is 0 Å². The van der Waals surface area contributed by atoms with Gasteiger partial charge in [0.05, 0.1) is 0 Å². The van der Waals surface area contributed by atoms with E-state index in [1.165, 1.54) is 96.3 Å². The Balaban J connectivity index is 3.01. The van der Waals surface area contributed by atoms with Crippen LogP contribution in [0.2, 0.25) is 0 Å². The first kappa shape index (κ1) is 22.5. The summed E-state index contributed by atoms with van der Waals surface area (Å²) in [6, 6.07) is 0. The fourth-order valence-corrected chi connectivity index (χ4v) is 2.92. The van der Waals surface area contributed by atoms with Crippen molar-refractivity contribution in [3.05, 3.63) is 12.3 Å². The van der Waals surface area contributed by atoms with Crippen LogP contribution in [0.5, 0.6) is 0 Å². The van der Waals surface area contributed by atoms with Crippen molar-refractivity contribution >= 4 is 0 Å². The monoisotopic (exact) mass is 325 g/mol. The van der Waals surface area contributed by atoms with Crippen molar-refractivity contribution in [1.29, 1.82) is 0 Å². The van der Waals surface area contributed by atoms with Gasteiger partial charge < -0.3 is 10.4 Å². The van der Waals surface area contributed by atoms with Gasteiger partial charge in [-0.05, 0) is 26.0 Å². The van der Waals surface area contributed by atoms with Gasteiger partial charge in [-0.1, -0.05) is 103 Å². The molecule has 0 spiro atoms. The molecule has 0 heterocycles. The van der Waals surface area contributed by atoms with Crippen molar-refractivity contribution < 1.29 is 5.11 Å². The van der Waals surface area contributed by atoms with Crippen LogP contribution in [0.3, 0.4) is 0 Å². The summed E-state index contributed by atoms with van der Waals surface area (Å²) in [6.45, 7) is 4.02. The van der Waals surface area contributed by atoms with Gasteiger partial charge in [-0.3, -0.25) is 0 Å². The van der Waals surface area contributed by atoms with Crippen molar-refractivity contribution in [1.82, 2.24) is 5.32 Å². The maximum absolute atomic E-state index is 9.02. The Morgan fingerprint density at radius 1 is 0.696 bits per heavy atom. The van der Waals surface area contributed by atoms with E-state index in [9.17, 15) is 0 Å². The van der Waals surface area contributed by atoms with Gasteiger partial charge >= 0.3 is 0 Å². The summed E-state index contributed by atoms with van der Waals surface area (Å²) in [4.78, 5) is 0. The number of unbranched alkanes of at least 4 members (excludes halogenated alkanes) is 15. The van der Waals surface area contributed by atoms with E-state index in [1.807, 2.05) is 6.20 Å². The molecule has 2 N–H and O–H groups in total. The summed E-state index contributed by atoms with van der Waals surface area (Å²) < 4.78 is 0. The third-order valence-corrected chi connectivity index (χ3v) is 4.43. The zero-order valence-corrected chi connectivity index (χ0v) is 16.0. The molecule has 0 amide bonds. The van der Waals surface area contributed by atoms with Crippen LogP contribution in [0.1, 0.15) is 117 Å². The van der Waals surface area contributed by atoms with Crippen LogP contribution in [0.25, 0.3) is 0 Å². The predicted octanol–water partition coefficient (Wildman–Crippen LogP) is 6.69. The number of rotatable bonds is 18. The van der Waals surface area contributed by atoms with Crippen LogP contribution >= 0.6 is 0 Å². The Labute approximate surface area is 146 Å². The molecule has 0 aliphatic carbocycles. The number of hydrogen-bond donors (Lipinski definition) is 2. The van der Waals surface area contributed by atoms with Crippen LogP contribution in [0.15, 0.2) is 12.3 Å². The van der Waals surface area contributed by atoms with Gasteiger partial charge in [0.1, 0.15) is 6.23 Å². The molecule has 2 heteroatoms. The molecule has 0 aromatic heterocycles. The highest BCUT2D eigenvalue weighted by Crippen LogP contribution is 2.13. The second-order valence-electron chi connectivity index (χ2n) is 6.98. The second-order valence-corrected chi connectivity index (χ2v) is 6.98. The van der Waals surface area contributed by atoms with Gasteiger partial charge in [0.15, 0.2) is 0 Å². The first-order valence-corrected chi connectivity index (χ1v) is 10.4.